The van der Waals surface area contributed by atoms with E-state index in [-0.39, 0.29) is 10.9 Å². The van der Waals surface area contributed by atoms with Gasteiger partial charge < -0.3 is 10.2 Å². The van der Waals surface area contributed by atoms with Crippen LogP contribution in [-0.4, -0.2) is 50.3 Å². The van der Waals surface area contributed by atoms with Gasteiger partial charge in [0.15, 0.2) is 0 Å². The lowest BCUT2D eigenvalue weighted by molar-refractivity contribution is 0.217. The van der Waals surface area contributed by atoms with Crippen LogP contribution in [0.25, 0.3) is 0 Å². The van der Waals surface area contributed by atoms with E-state index in [9.17, 15) is 13.2 Å². The fourth-order valence-electron chi connectivity index (χ4n) is 2.27. The summed E-state index contributed by atoms with van der Waals surface area (Å²) in [7, 11) is -1.74. The third-order valence-electron chi connectivity index (χ3n) is 3.43. The molecule has 0 radical (unpaired) electrons. The Kier molecular flexibility index (Phi) is 7.02. The molecule has 23 heavy (non-hydrogen) atoms. The number of carbonyl (C=O) groups is 1. The second kappa shape index (κ2) is 8.31. The summed E-state index contributed by atoms with van der Waals surface area (Å²) in [6, 6.07) is 6.05. The van der Waals surface area contributed by atoms with Crippen LogP contribution in [0.1, 0.15) is 27.7 Å². The van der Waals surface area contributed by atoms with Gasteiger partial charge >= 0.3 is 6.03 Å². The molecule has 0 aliphatic rings. The minimum atomic E-state index is -3.47. The first-order valence-corrected chi connectivity index (χ1v) is 9.28. The topological polar surface area (TPSA) is 69.7 Å². The maximum atomic E-state index is 12.4. The van der Waals surface area contributed by atoms with Gasteiger partial charge in [0.25, 0.3) is 0 Å². The van der Waals surface area contributed by atoms with Crippen molar-refractivity contribution in [1.82, 2.24) is 9.21 Å². The number of hydrogen-bond acceptors (Lipinski definition) is 3. The van der Waals surface area contributed by atoms with Crippen molar-refractivity contribution in [1.29, 1.82) is 0 Å². The van der Waals surface area contributed by atoms with Gasteiger partial charge in [-0.1, -0.05) is 27.7 Å². The number of rotatable bonds is 7. The standard InChI is InChI=1S/C16H27N3O3S/c1-6-19(7-2)23(21,22)15-10-8-14(9-11-15)17-16(20)18(5)12-13(3)4/h8-11,13H,6-7,12H2,1-5H3,(H,17,20). The number of benzene rings is 1. The molecule has 0 bridgehead atoms. The van der Waals surface area contributed by atoms with Gasteiger partial charge in [0, 0.05) is 32.4 Å². The molecule has 0 saturated heterocycles. The normalized spacial score (nSPS) is 11.8. The molecular formula is C16H27N3O3S. The van der Waals surface area contributed by atoms with Crippen LogP contribution in [0.3, 0.4) is 0 Å². The number of urea groups is 1. The minimum absolute atomic E-state index is 0.210. The van der Waals surface area contributed by atoms with Crippen LogP contribution in [0.15, 0.2) is 29.2 Å². The molecule has 6 nitrogen and oxygen atoms in total. The molecule has 130 valence electrons. The molecule has 0 heterocycles. The van der Waals surface area contributed by atoms with Crippen molar-refractivity contribution in [2.75, 3.05) is 32.0 Å². The first kappa shape index (κ1) is 19.4. The van der Waals surface area contributed by atoms with E-state index in [0.29, 0.717) is 31.2 Å². The molecule has 0 fully saturated rings. The third-order valence-corrected chi connectivity index (χ3v) is 5.50. The molecule has 0 spiro atoms. The zero-order chi connectivity index (χ0) is 17.6. The molecule has 0 atom stereocenters. The van der Waals surface area contributed by atoms with Crippen LogP contribution in [-0.2, 0) is 10.0 Å². The largest absolute Gasteiger partial charge is 0.327 e. The van der Waals surface area contributed by atoms with Crippen molar-refractivity contribution in [3.05, 3.63) is 24.3 Å². The predicted molar refractivity (Wildman–Crippen MR) is 93.0 cm³/mol. The zero-order valence-corrected chi connectivity index (χ0v) is 15.4. The Labute approximate surface area is 139 Å². The molecule has 0 saturated carbocycles. The Morgan fingerprint density at radius 1 is 1.13 bits per heavy atom. The highest BCUT2D eigenvalue weighted by molar-refractivity contribution is 7.89. The maximum Gasteiger partial charge on any atom is 0.321 e. The van der Waals surface area contributed by atoms with Crippen molar-refractivity contribution in [3.63, 3.8) is 0 Å². The van der Waals surface area contributed by atoms with Gasteiger partial charge in [-0.25, -0.2) is 13.2 Å². The molecule has 0 aliphatic heterocycles. The van der Waals surface area contributed by atoms with Gasteiger partial charge in [-0.2, -0.15) is 4.31 Å². The molecule has 2 amide bonds. The van der Waals surface area contributed by atoms with Crippen LogP contribution < -0.4 is 5.32 Å². The quantitative estimate of drug-likeness (QED) is 0.829. The fourth-order valence-corrected chi connectivity index (χ4v) is 3.73. The monoisotopic (exact) mass is 341 g/mol. The minimum Gasteiger partial charge on any atom is -0.327 e. The van der Waals surface area contributed by atoms with Crippen LogP contribution in [0.4, 0.5) is 10.5 Å². The maximum absolute atomic E-state index is 12.4. The number of amides is 2. The predicted octanol–water partition coefficient (Wildman–Crippen LogP) is 2.84. The van der Waals surface area contributed by atoms with Crippen LogP contribution in [0.5, 0.6) is 0 Å². The van der Waals surface area contributed by atoms with Gasteiger partial charge in [0.1, 0.15) is 0 Å². The van der Waals surface area contributed by atoms with Crippen molar-refractivity contribution in [2.24, 2.45) is 5.92 Å². The highest BCUT2D eigenvalue weighted by Crippen LogP contribution is 2.18. The summed E-state index contributed by atoms with van der Waals surface area (Å²) in [5.41, 5.74) is 0.573. The summed E-state index contributed by atoms with van der Waals surface area (Å²) >= 11 is 0. The van der Waals surface area contributed by atoms with Crippen LogP contribution in [0.2, 0.25) is 0 Å². The van der Waals surface area contributed by atoms with Gasteiger partial charge in [-0.15, -0.1) is 0 Å². The van der Waals surface area contributed by atoms with Crippen LogP contribution in [0, 0.1) is 5.92 Å². The summed E-state index contributed by atoms with van der Waals surface area (Å²) < 4.78 is 26.2. The van der Waals surface area contributed by atoms with E-state index < -0.39 is 10.0 Å². The SMILES string of the molecule is CCN(CC)S(=O)(=O)c1ccc(NC(=O)N(C)CC(C)C)cc1. The highest BCUT2D eigenvalue weighted by atomic mass is 32.2. The van der Waals surface area contributed by atoms with E-state index in [1.54, 1.807) is 37.9 Å². The van der Waals surface area contributed by atoms with E-state index in [1.165, 1.54) is 16.4 Å². The summed E-state index contributed by atoms with van der Waals surface area (Å²) in [4.78, 5) is 13.9. The van der Waals surface area contributed by atoms with E-state index in [4.69, 9.17) is 0 Å². The van der Waals surface area contributed by atoms with E-state index in [0.717, 1.165) is 0 Å². The fraction of sp³-hybridized carbons (Fsp3) is 0.562. The number of nitrogens with one attached hydrogen (secondary N) is 1. The van der Waals surface area contributed by atoms with E-state index >= 15 is 0 Å². The highest BCUT2D eigenvalue weighted by Gasteiger charge is 2.21. The number of hydrogen-bond donors (Lipinski definition) is 1. The summed E-state index contributed by atoms with van der Waals surface area (Å²) in [5, 5.41) is 2.76. The Balaban J connectivity index is 2.83. The molecule has 1 rings (SSSR count). The number of sulfonamides is 1. The lowest BCUT2D eigenvalue weighted by Gasteiger charge is -2.20. The Hall–Kier alpha value is -1.60. The molecule has 0 unspecified atom stereocenters. The van der Waals surface area contributed by atoms with E-state index in [2.05, 4.69) is 5.32 Å². The average Bonchev–Trinajstić information content (AvgIpc) is 2.48. The molecule has 0 aliphatic carbocycles. The lowest BCUT2D eigenvalue weighted by atomic mass is 10.2. The molecular weight excluding hydrogens is 314 g/mol. The van der Waals surface area contributed by atoms with Gasteiger partial charge in [0.05, 0.1) is 4.90 Å². The molecule has 7 heteroatoms. The van der Waals surface area contributed by atoms with Crippen molar-refractivity contribution >= 4 is 21.7 Å². The summed E-state index contributed by atoms with van der Waals surface area (Å²) in [6.45, 7) is 9.20. The second-order valence-corrected chi connectivity index (χ2v) is 7.76. The third kappa shape index (κ3) is 5.21. The molecule has 1 N–H and O–H groups in total. The molecule has 1 aromatic rings. The van der Waals surface area contributed by atoms with Gasteiger partial charge in [-0.3, -0.25) is 0 Å². The summed E-state index contributed by atoms with van der Waals surface area (Å²) in [6.07, 6.45) is 0. The van der Waals surface area contributed by atoms with Gasteiger partial charge in [-0.05, 0) is 30.2 Å². The Morgan fingerprint density at radius 3 is 2.09 bits per heavy atom. The van der Waals surface area contributed by atoms with Crippen molar-refractivity contribution in [2.45, 2.75) is 32.6 Å². The Morgan fingerprint density at radius 2 is 1.65 bits per heavy atom. The average molecular weight is 341 g/mol. The first-order chi connectivity index (χ1) is 10.7. The number of nitrogens with zero attached hydrogens (tertiary/aromatic N) is 2. The number of anilines is 1. The van der Waals surface area contributed by atoms with Gasteiger partial charge in [0.2, 0.25) is 10.0 Å². The summed E-state index contributed by atoms with van der Waals surface area (Å²) in [5.74, 6) is 0.382. The van der Waals surface area contributed by atoms with Crippen LogP contribution >= 0.6 is 0 Å². The first-order valence-electron chi connectivity index (χ1n) is 7.84. The van der Waals surface area contributed by atoms with E-state index in [1.807, 2.05) is 13.8 Å². The molecule has 1 aromatic carbocycles. The zero-order valence-electron chi connectivity index (χ0n) is 14.5. The smallest absolute Gasteiger partial charge is 0.321 e. The molecule has 0 aromatic heterocycles. The number of carbonyl (C=O) groups excluding carboxylic acids is 1. The van der Waals surface area contributed by atoms with Crippen molar-refractivity contribution in [3.8, 4) is 0 Å². The lowest BCUT2D eigenvalue weighted by Crippen LogP contribution is -2.34. The van der Waals surface area contributed by atoms with Crippen molar-refractivity contribution < 1.29 is 13.2 Å². The Bertz CT molecular complexity index is 608. The second-order valence-electron chi connectivity index (χ2n) is 5.82.